The molecule has 8 heteroatoms. The van der Waals surface area contributed by atoms with Gasteiger partial charge in [-0.1, -0.05) is 0 Å². The Morgan fingerprint density at radius 1 is 0.964 bits per heavy atom. The first-order valence-corrected chi connectivity index (χ1v) is 8.78. The quantitative estimate of drug-likeness (QED) is 0.706. The number of carbonyl (C=O) groups excluding carboxylic acids is 1. The first kappa shape index (κ1) is 17.8. The van der Waals surface area contributed by atoms with Crippen molar-refractivity contribution in [2.24, 2.45) is 0 Å². The Kier molecular flexibility index (Phi) is 4.60. The van der Waals surface area contributed by atoms with Gasteiger partial charge in [0.2, 0.25) is 0 Å². The molecule has 0 radical (unpaired) electrons. The fourth-order valence-corrected chi connectivity index (χ4v) is 3.27. The third kappa shape index (κ3) is 3.02. The summed E-state index contributed by atoms with van der Waals surface area (Å²) in [6.07, 6.45) is 2.44. The minimum Gasteiger partial charge on any atom is -0.496 e. The predicted octanol–water partition coefficient (Wildman–Crippen LogP) is 2.45. The molecule has 4 rings (SSSR count). The molecule has 3 aromatic rings. The first-order valence-electron chi connectivity index (χ1n) is 8.78. The number of rotatable bonds is 5. The highest BCUT2D eigenvalue weighted by molar-refractivity contribution is 5.97. The molecule has 2 N–H and O–H groups in total. The van der Waals surface area contributed by atoms with E-state index in [9.17, 15) is 4.79 Å². The van der Waals surface area contributed by atoms with Crippen molar-refractivity contribution < 1.29 is 19.0 Å². The summed E-state index contributed by atoms with van der Waals surface area (Å²) in [6.45, 7) is 0.629. The molecule has 1 amide bonds. The molecule has 0 unspecified atom stereocenters. The number of amides is 1. The van der Waals surface area contributed by atoms with Crippen molar-refractivity contribution in [3.8, 4) is 40.0 Å². The van der Waals surface area contributed by atoms with E-state index in [1.54, 1.807) is 45.7 Å². The Labute approximate surface area is 161 Å². The molecule has 0 spiro atoms. The average molecular weight is 380 g/mol. The van der Waals surface area contributed by atoms with Crippen molar-refractivity contribution in [1.29, 1.82) is 0 Å². The second-order valence-corrected chi connectivity index (χ2v) is 6.25. The number of ether oxygens (including phenoxy) is 3. The Balaban J connectivity index is 1.79. The van der Waals surface area contributed by atoms with E-state index in [-0.39, 0.29) is 5.91 Å². The normalized spacial score (nSPS) is 12.9. The van der Waals surface area contributed by atoms with Crippen LogP contribution in [0.4, 0.5) is 0 Å². The largest absolute Gasteiger partial charge is 0.496 e. The number of fused-ring (bicyclic) bond motifs is 1. The van der Waals surface area contributed by atoms with Gasteiger partial charge in [-0.15, -0.1) is 0 Å². The Hall–Kier alpha value is -3.55. The molecule has 0 saturated carbocycles. The second-order valence-electron chi connectivity index (χ2n) is 6.25. The van der Waals surface area contributed by atoms with E-state index in [4.69, 9.17) is 14.2 Å². The van der Waals surface area contributed by atoms with Gasteiger partial charge in [-0.3, -0.25) is 4.79 Å². The zero-order valence-electron chi connectivity index (χ0n) is 15.8. The smallest absolute Gasteiger partial charge is 0.253 e. The van der Waals surface area contributed by atoms with Crippen molar-refractivity contribution in [3.63, 3.8) is 0 Å². The van der Waals surface area contributed by atoms with E-state index in [0.717, 1.165) is 17.8 Å². The van der Waals surface area contributed by atoms with E-state index >= 15 is 0 Å². The third-order valence-corrected chi connectivity index (χ3v) is 4.68. The van der Waals surface area contributed by atoms with Crippen LogP contribution in [0.5, 0.6) is 17.2 Å². The number of H-pyrrole nitrogens is 1. The summed E-state index contributed by atoms with van der Waals surface area (Å²) in [5.41, 5.74) is 3.71. The standard InChI is InChI=1S/C20H20N4O4/c1-26-16-10-18(28-3)17(27-2)9-12(16)19-21-6-5-14(24-19)15-8-11-13(23-15)4-7-22-20(11)25/h5-6,8-10,23H,4,7H2,1-3H3,(H,22,25). The van der Waals surface area contributed by atoms with Crippen molar-refractivity contribution in [2.45, 2.75) is 6.42 Å². The van der Waals surface area contributed by atoms with E-state index in [1.807, 2.05) is 6.07 Å². The maximum Gasteiger partial charge on any atom is 0.253 e. The minimum atomic E-state index is -0.0698. The lowest BCUT2D eigenvalue weighted by Crippen LogP contribution is -2.31. The number of hydrogen-bond acceptors (Lipinski definition) is 6. The number of carbonyl (C=O) groups is 1. The molecule has 1 aliphatic heterocycles. The summed E-state index contributed by atoms with van der Waals surface area (Å²) in [5.74, 6) is 2.09. The number of aromatic nitrogens is 3. The highest BCUT2D eigenvalue weighted by Gasteiger charge is 2.21. The van der Waals surface area contributed by atoms with Crippen LogP contribution in [0.3, 0.4) is 0 Å². The molecular weight excluding hydrogens is 360 g/mol. The number of benzene rings is 1. The maximum absolute atomic E-state index is 12.0. The van der Waals surface area contributed by atoms with Crippen molar-refractivity contribution in [2.75, 3.05) is 27.9 Å². The first-order chi connectivity index (χ1) is 13.6. The van der Waals surface area contributed by atoms with Crippen LogP contribution in [0.2, 0.25) is 0 Å². The van der Waals surface area contributed by atoms with Gasteiger partial charge in [-0.05, 0) is 18.2 Å². The lowest BCUT2D eigenvalue weighted by molar-refractivity contribution is 0.0946. The van der Waals surface area contributed by atoms with Crippen LogP contribution in [-0.4, -0.2) is 48.7 Å². The van der Waals surface area contributed by atoms with E-state index in [1.165, 1.54) is 0 Å². The van der Waals surface area contributed by atoms with Crippen molar-refractivity contribution in [3.05, 3.63) is 41.7 Å². The van der Waals surface area contributed by atoms with Crippen molar-refractivity contribution >= 4 is 5.91 Å². The molecule has 0 fully saturated rings. The molecule has 28 heavy (non-hydrogen) atoms. The van der Waals surface area contributed by atoms with Gasteiger partial charge in [0.15, 0.2) is 17.3 Å². The predicted molar refractivity (Wildman–Crippen MR) is 103 cm³/mol. The molecule has 8 nitrogen and oxygen atoms in total. The third-order valence-electron chi connectivity index (χ3n) is 4.68. The molecule has 1 aromatic carbocycles. The highest BCUT2D eigenvalue weighted by atomic mass is 16.5. The molecule has 0 aliphatic carbocycles. The molecule has 3 heterocycles. The monoisotopic (exact) mass is 380 g/mol. The van der Waals surface area contributed by atoms with Gasteiger partial charge in [-0.25, -0.2) is 9.97 Å². The van der Waals surface area contributed by atoms with Gasteiger partial charge in [0.25, 0.3) is 5.91 Å². The van der Waals surface area contributed by atoms with E-state index in [0.29, 0.717) is 46.4 Å². The van der Waals surface area contributed by atoms with Gasteiger partial charge in [-0.2, -0.15) is 0 Å². The van der Waals surface area contributed by atoms with Crippen LogP contribution >= 0.6 is 0 Å². The van der Waals surface area contributed by atoms with Crippen molar-refractivity contribution in [1.82, 2.24) is 20.3 Å². The van der Waals surface area contributed by atoms with Gasteiger partial charge in [0.1, 0.15) is 5.75 Å². The number of methoxy groups -OCH3 is 3. The number of aromatic amines is 1. The molecule has 0 saturated heterocycles. The van der Waals surface area contributed by atoms with Crippen LogP contribution in [0.1, 0.15) is 16.1 Å². The molecule has 1 aliphatic rings. The summed E-state index contributed by atoms with van der Waals surface area (Å²) in [5, 5.41) is 2.84. The van der Waals surface area contributed by atoms with Crippen LogP contribution in [0.15, 0.2) is 30.5 Å². The van der Waals surface area contributed by atoms with Gasteiger partial charge in [0.05, 0.1) is 43.8 Å². The number of hydrogen-bond donors (Lipinski definition) is 2. The Morgan fingerprint density at radius 2 is 1.71 bits per heavy atom. The van der Waals surface area contributed by atoms with Crippen LogP contribution in [0.25, 0.3) is 22.8 Å². The van der Waals surface area contributed by atoms with Gasteiger partial charge >= 0.3 is 0 Å². The average Bonchev–Trinajstić information content (AvgIpc) is 3.18. The lowest BCUT2D eigenvalue weighted by atomic mass is 10.1. The second kappa shape index (κ2) is 7.22. The maximum atomic E-state index is 12.0. The van der Waals surface area contributed by atoms with Crippen LogP contribution < -0.4 is 19.5 Å². The number of nitrogens with zero attached hydrogens (tertiary/aromatic N) is 2. The molecule has 0 bridgehead atoms. The summed E-state index contributed by atoms with van der Waals surface area (Å²) in [7, 11) is 4.71. The zero-order valence-corrected chi connectivity index (χ0v) is 15.8. The minimum absolute atomic E-state index is 0.0698. The van der Waals surface area contributed by atoms with E-state index in [2.05, 4.69) is 20.3 Å². The summed E-state index contributed by atoms with van der Waals surface area (Å²) in [6, 6.07) is 7.14. The molecule has 0 atom stereocenters. The number of nitrogens with one attached hydrogen (secondary N) is 2. The SMILES string of the molecule is COc1cc(OC)c(-c2nccc(-c3cc4c([nH]3)CCNC4=O)n2)cc1OC. The van der Waals surface area contributed by atoms with Gasteiger partial charge in [0, 0.05) is 30.9 Å². The van der Waals surface area contributed by atoms with Gasteiger partial charge < -0.3 is 24.5 Å². The molecule has 144 valence electrons. The Morgan fingerprint density at radius 3 is 2.43 bits per heavy atom. The summed E-state index contributed by atoms with van der Waals surface area (Å²) < 4.78 is 16.2. The lowest BCUT2D eigenvalue weighted by Gasteiger charge is -2.13. The van der Waals surface area contributed by atoms with E-state index < -0.39 is 0 Å². The topological polar surface area (TPSA) is 98.4 Å². The molecular formula is C20H20N4O4. The van der Waals surface area contributed by atoms with Crippen LogP contribution in [-0.2, 0) is 6.42 Å². The highest BCUT2D eigenvalue weighted by Crippen LogP contribution is 2.39. The fraction of sp³-hybridized carbons (Fsp3) is 0.250. The Bertz CT molecular complexity index is 1040. The summed E-state index contributed by atoms with van der Waals surface area (Å²) in [4.78, 5) is 24.4. The fourth-order valence-electron chi connectivity index (χ4n) is 3.27. The van der Waals surface area contributed by atoms with Crippen LogP contribution in [0, 0.1) is 0 Å². The zero-order chi connectivity index (χ0) is 19.7. The summed E-state index contributed by atoms with van der Waals surface area (Å²) >= 11 is 0. The molecule has 2 aromatic heterocycles.